The first kappa shape index (κ1) is 35.7. The third-order valence-electron chi connectivity index (χ3n) is 14.6. The van der Waals surface area contributed by atoms with Crippen molar-refractivity contribution in [3.05, 3.63) is 11.6 Å². The summed E-state index contributed by atoms with van der Waals surface area (Å²) < 4.78 is 12.6. The van der Waals surface area contributed by atoms with Crippen molar-refractivity contribution in [3.63, 3.8) is 0 Å². The fourth-order valence-corrected chi connectivity index (χ4v) is 12.0. The fraction of sp³-hybridized carbons (Fsp3) is 0.944. The van der Waals surface area contributed by atoms with Crippen LogP contribution in [0.4, 0.5) is 0 Å². The monoisotopic (exact) mass is 638 g/mol. The standard InChI is InChI=1S/C36H62O9/c1-19(2)10-9-14-35(7,45-31-29(42)28(41)27(40)23(18-37)44-31)25-13-15-34(6)20-11-12-24-32(3,4)30(43)22(38)17-33(24,5)21(20)16-26(39)36(25,34)8/h10,20-31,37-43H,9,11-18H2,1-8H3. The zero-order valence-corrected chi connectivity index (χ0v) is 28.8. The lowest BCUT2D eigenvalue weighted by atomic mass is 9.37. The van der Waals surface area contributed by atoms with Crippen molar-refractivity contribution < 1.29 is 45.2 Å². The maximum atomic E-state index is 12.4. The molecule has 9 nitrogen and oxygen atoms in total. The van der Waals surface area contributed by atoms with Gasteiger partial charge in [0.2, 0.25) is 0 Å². The Morgan fingerprint density at radius 2 is 1.58 bits per heavy atom. The van der Waals surface area contributed by atoms with E-state index in [4.69, 9.17) is 9.47 Å². The van der Waals surface area contributed by atoms with Gasteiger partial charge in [-0.15, -0.1) is 0 Å². The molecule has 0 aromatic heterocycles. The summed E-state index contributed by atoms with van der Waals surface area (Å²) in [6.07, 6.45) is -0.702. The van der Waals surface area contributed by atoms with E-state index in [1.165, 1.54) is 5.57 Å². The summed E-state index contributed by atoms with van der Waals surface area (Å²) in [5.41, 5.74) is -1.09. The van der Waals surface area contributed by atoms with Gasteiger partial charge in [0, 0.05) is 5.41 Å². The topological polar surface area (TPSA) is 160 Å². The highest BCUT2D eigenvalue weighted by Crippen LogP contribution is 2.75. The Balaban J connectivity index is 1.50. The first-order valence-corrected chi connectivity index (χ1v) is 17.5. The molecule has 5 fully saturated rings. The summed E-state index contributed by atoms with van der Waals surface area (Å²) >= 11 is 0. The van der Waals surface area contributed by atoms with Gasteiger partial charge in [0.1, 0.15) is 24.4 Å². The normalized spacial score (nSPS) is 52.2. The van der Waals surface area contributed by atoms with Gasteiger partial charge in [0.05, 0.1) is 30.5 Å². The van der Waals surface area contributed by atoms with Crippen molar-refractivity contribution in [1.82, 2.24) is 0 Å². The molecular weight excluding hydrogens is 576 g/mol. The van der Waals surface area contributed by atoms with Gasteiger partial charge in [-0.3, -0.25) is 0 Å². The number of aliphatic hydroxyl groups is 7. The summed E-state index contributed by atoms with van der Waals surface area (Å²) in [4.78, 5) is 0. The highest BCUT2D eigenvalue weighted by atomic mass is 16.7. The van der Waals surface area contributed by atoms with E-state index in [0.717, 1.165) is 32.1 Å². The Bertz CT molecular complexity index is 1110. The summed E-state index contributed by atoms with van der Waals surface area (Å²) in [6, 6.07) is 0. The number of ether oxygens (including phenoxy) is 2. The van der Waals surface area contributed by atoms with Crippen LogP contribution in [-0.2, 0) is 9.47 Å². The van der Waals surface area contributed by atoms with Gasteiger partial charge in [-0.25, -0.2) is 0 Å². The second kappa shape index (κ2) is 12.1. The molecule has 5 aliphatic rings. The largest absolute Gasteiger partial charge is 0.394 e. The minimum Gasteiger partial charge on any atom is -0.394 e. The van der Waals surface area contributed by atoms with Crippen LogP contribution < -0.4 is 0 Å². The Morgan fingerprint density at radius 3 is 2.20 bits per heavy atom. The van der Waals surface area contributed by atoms with Crippen LogP contribution in [0.25, 0.3) is 0 Å². The molecule has 1 heterocycles. The third kappa shape index (κ3) is 5.30. The first-order valence-electron chi connectivity index (χ1n) is 17.5. The maximum Gasteiger partial charge on any atom is 0.187 e. The lowest BCUT2D eigenvalue weighted by Gasteiger charge is -2.69. The van der Waals surface area contributed by atoms with Gasteiger partial charge >= 0.3 is 0 Å². The molecule has 0 radical (unpaired) electrons. The predicted octanol–water partition coefficient (Wildman–Crippen LogP) is 3.30. The van der Waals surface area contributed by atoms with Crippen LogP contribution in [0.15, 0.2) is 11.6 Å². The molecular formula is C36H62O9. The Labute approximate surface area is 270 Å². The van der Waals surface area contributed by atoms with Gasteiger partial charge in [0.25, 0.3) is 0 Å². The summed E-state index contributed by atoms with van der Waals surface area (Å²) in [7, 11) is 0. The Hall–Kier alpha value is -0.620. The zero-order valence-electron chi connectivity index (χ0n) is 28.8. The molecule has 45 heavy (non-hydrogen) atoms. The van der Waals surface area contributed by atoms with Crippen molar-refractivity contribution in [1.29, 1.82) is 0 Å². The smallest absolute Gasteiger partial charge is 0.187 e. The van der Waals surface area contributed by atoms with E-state index in [-0.39, 0.29) is 28.6 Å². The molecule has 9 heteroatoms. The highest BCUT2D eigenvalue weighted by Gasteiger charge is 2.72. The summed E-state index contributed by atoms with van der Waals surface area (Å²) in [6.45, 7) is 16.7. The molecule has 260 valence electrons. The lowest BCUT2D eigenvalue weighted by molar-refractivity contribution is -0.339. The molecule has 5 rings (SSSR count). The van der Waals surface area contributed by atoms with Crippen molar-refractivity contribution >= 4 is 0 Å². The van der Waals surface area contributed by atoms with E-state index in [1.807, 2.05) is 20.8 Å². The Morgan fingerprint density at radius 1 is 0.911 bits per heavy atom. The molecule has 16 unspecified atom stereocenters. The van der Waals surface area contributed by atoms with E-state index in [2.05, 4.69) is 40.7 Å². The summed E-state index contributed by atoms with van der Waals surface area (Å²) in [5, 5.41) is 76.3. The predicted molar refractivity (Wildman–Crippen MR) is 170 cm³/mol. The highest BCUT2D eigenvalue weighted by molar-refractivity contribution is 5.21. The van der Waals surface area contributed by atoms with Gasteiger partial charge in [0.15, 0.2) is 6.29 Å². The SMILES string of the molecule is CC(C)=CCCC(C)(OC1OC(CO)C(O)C(O)C1O)C1CCC2(C)C3CCC4C(C)(C)C(O)C(O)CC4(C)C3CC(O)C12C. The molecule has 16 atom stereocenters. The van der Waals surface area contributed by atoms with E-state index in [0.29, 0.717) is 25.2 Å². The second-order valence-corrected chi connectivity index (χ2v) is 17.4. The average Bonchev–Trinajstić information content (AvgIpc) is 3.25. The van der Waals surface area contributed by atoms with Crippen LogP contribution >= 0.6 is 0 Å². The Kier molecular flexibility index (Phi) is 9.56. The van der Waals surface area contributed by atoms with Crippen LogP contribution in [0.1, 0.15) is 107 Å². The van der Waals surface area contributed by atoms with Gasteiger partial charge < -0.3 is 45.2 Å². The van der Waals surface area contributed by atoms with E-state index < -0.39 is 72.1 Å². The van der Waals surface area contributed by atoms with Crippen LogP contribution in [-0.4, -0.2) is 97.0 Å². The number of aliphatic hydroxyl groups excluding tert-OH is 7. The lowest BCUT2D eigenvalue weighted by Crippen LogP contribution is -2.68. The molecule has 0 aromatic rings. The third-order valence-corrected chi connectivity index (χ3v) is 14.6. The number of allylic oxidation sites excluding steroid dienone is 2. The fourth-order valence-electron chi connectivity index (χ4n) is 12.0. The van der Waals surface area contributed by atoms with Gasteiger partial charge in [-0.05, 0) is 112 Å². The van der Waals surface area contributed by atoms with E-state index in [9.17, 15) is 35.7 Å². The zero-order chi connectivity index (χ0) is 33.5. The number of hydrogen-bond acceptors (Lipinski definition) is 9. The average molecular weight is 639 g/mol. The molecule has 4 aliphatic carbocycles. The molecule has 7 N–H and O–H groups in total. The van der Waals surface area contributed by atoms with Gasteiger partial charge in [-0.1, -0.05) is 46.3 Å². The van der Waals surface area contributed by atoms with Crippen molar-refractivity contribution in [2.24, 2.45) is 45.3 Å². The van der Waals surface area contributed by atoms with Crippen molar-refractivity contribution in [3.8, 4) is 0 Å². The quantitative estimate of drug-likeness (QED) is 0.208. The van der Waals surface area contributed by atoms with Crippen LogP contribution in [0, 0.1) is 45.3 Å². The molecule has 0 spiro atoms. The van der Waals surface area contributed by atoms with Crippen LogP contribution in [0.3, 0.4) is 0 Å². The first-order chi connectivity index (χ1) is 20.8. The number of rotatable bonds is 7. The van der Waals surface area contributed by atoms with E-state index in [1.54, 1.807) is 0 Å². The molecule has 0 aromatic carbocycles. The van der Waals surface area contributed by atoms with E-state index >= 15 is 0 Å². The number of hydrogen-bond donors (Lipinski definition) is 7. The van der Waals surface area contributed by atoms with Crippen LogP contribution in [0.2, 0.25) is 0 Å². The summed E-state index contributed by atoms with van der Waals surface area (Å²) in [5.74, 6) is 0.660. The molecule has 1 saturated heterocycles. The second-order valence-electron chi connectivity index (χ2n) is 17.4. The molecule has 0 amide bonds. The molecule has 1 aliphatic heterocycles. The maximum absolute atomic E-state index is 12.4. The van der Waals surface area contributed by atoms with Gasteiger partial charge in [-0.2, -0.15) is 0 Å². The molecule has 0 bridgehead atoms. The van der Waals surface area contributed by atoms with Crippen molar-refractivity contribution in [2.45, 2.75) is 161 Å². The number of fused-ring (bicyclic) bond motifs is 5. The minimum atomic E-state index is -1.53. The molecule has 4 saturated carbocycles. The van der Waals surface area contributed by atoms with Crippen LogP contribution in [0.5, 0.6) is 0 Å². The van der Waals surface area contributed by atoms with Crippen molar-refractivity contribution in [2.75, 3.05) is 6.61 Å². The minimum absolute atomic E-state index is 0.107.